The maximum atomic E-state index is 15.7. The standard InChI is InChI=1S/C29H30F4N2O2/c1-19-17-34-26-6-5-22(37-2)16-23(26)27(19)24(31)7-8-29(18-36)9-12-35(13-10-29)11-3-4-20-14-21(30)15-25(32)28(20)33/h5-6,14-17,24,36H,7-13,18H2,1-2H3/t24-/m0/s1. The number of ether oxygens (including phenoxy) is 1. The number of aliphatic hydroxyl groups is 1. The van der Waals surface area contributed by atoms with Crippen molar-refractivity contribution in [2.75, 3.05) is 33.4 Å². The molecule has 37 heavy (non-hydrogen) atoms. The zero-order valence-corrected chi connectivity index (χ0v) is 21.0. The van der Waals surface area contributed by atoms with Crippen molar-refractivity contribution in [3.8, 4) is 17.6 Å². The van der Waals surface area contributed by atoms with Gasteiger partial charge in [0.2, 0.25) is 0 Å². The number of likely N-dealkylation sites (tertiary alicyclic amines) is 1. The van der Waals surface area contributed by atoms with E-state index in [9.17, 15) is 18.3 Å². The Morgan fingerprint density at radius 1 is 1.16 bits per heavy atom. The number of benzene rings is 2. The molecule has 0 unspecified atom stereocenters. The fraction of sp³-hybridized carbons (Fsp3) is 0.414. The Balaban J connectivity index is 1.38. The molecule has 2 aromatic carbocycles. The van der Waals surface area contributed by atoms with Crippen LogP contribution in [-0.4, -0.2) is 48.3 Å². The van der Waals surface area contributed by atoms with Crippen LogP contribution in [-0.2, 0) is 0 Å². The molecular formula is C29H30F4N2O2. The van der Waals surface area contributed by atoms with Crippen LogP contribution < -0.4 is 4.74 Å². The van der Waals surface area contributed by atoms with Gasteiger partial charge in [-0.2, -0.15) is 0 Å². The first kappa shape index (κ1) is 26.9. The molecular weight excluding hydrogens is 484 g/mol. The van der Waals surface area contributed by atoms with E-state index in [0.717, 1.165) is 17.0 Å². The summed E-state index contributed by atoms with van der Waals surface area (Å²) in [4.78, 5) is 6.44. The van der Waals surface area contributed by atoms with Crippen LogP contribution in [0.5, 0.6) is 5.75 Å². The van der Waals surface area contributed by atoms with Crippen LogP contribution in [0.1, 0.15) is 48.5 Å². The van der Waals surface area contributed by atoms with Crippen molar-refractivity contribution in [3.05, 3.63) is 70.7 Å². The summed E-state index contributed by atoms with van der Waals surface area (Å²) < 4.78 is 61.5. The smallest absolute Gasteiger partial charge is 0.174 e. The SMILES string of the molecule is COc1ccc2ncc(C)c([C@@H](F)CCC3(CO)CCN(CC#Cc4cc(F)cc(F)c4F)CC3)c2c1. The van der Waals surface area contributed by atoms with Gasteiger partial charge in [0, 0.05) is 24.3 Å². The lowest BCUT2D eigenvalue weighted by Crippen LogP contribution is -2.42. The molecule has 1 aliphatic heterocycles. The molecule has 196 valence electrons. The van der Waals surface area contributed by atoms with Gasteiger partial charge in [-0.15, -0.1) is 0 Å². The van der Waals surface area contributed by atoms with E-state index < -0.39 is 29.0 Å². The highest BCUT2D eigenvalue weighted by molar-refractivity contribution is 5.84. The number of aliphatic hydroxyl groups excluding tert-OH is 1. The number of fused-ring (bicyclic) bond motifs is 1. The molecule has 1 aliphatic rings. The zero-order chi connectivity index (χ0) is 26.6. The third-order valence-corrected chi connectivity index (χ3v) is 7.33. The highest BCUT2D eigenvalue weighted by Crippen LogP contribution is 2.40. The number of alkyl halides is 1. The maximum absolute atomic E-state index is 15.7. The molecule has 0 radical (unpaired) electrons. The Morgan fingerprint density at radius 3 is 2.62 bits per heavy atom. The molecule has 0 spiro atoms. The molecule has 0 aliphatic carbocycles. The Bertz CT molecular complexity index is 1330. The number of piperidine rings is 1. The van der Waals surface area contributed by atoms with E-state index in [0.29, 0.717) is 61.8 Å². The van der Waals surface area contributed by atoms with E-state index in [1.807, 2.05) is 24.0 Å². The number of methoxy groups -OCH3 is 1. The average Bonchev–Trinajstić information content (AvgIpc) is 2.90. The summed E-state index contributed by atoms with van der Waals surface area (Å²) in [5, 5.41) is 10.9. The van der Waals surface area contributed by atoms with Crippen LogP contribution in [0, 0.1) is 41.6 Å². The molecule has 1 saturated heterocycles. The van der Waals surface area contributed by atoms with Crippen molar-refractivity contribution < 1.29 is 27.4 Å². The lowest BCUT2D eigenvalue weighted by molar-refractivity contribution is 0.0344. The van der Waals surface area contributed by atoms with Crippen molar-refractivity contribution >= 4 is 10.9 Å². The summed E-state index contributed by atoms with van der Waals surface area (Å²) >= 11 is 0. The normalized spacial score (nSPS) is 16.3. The fourth-order valence-corrected chi connectivity index (χ4v) is 4.98. The number of rotatable bonds is 7. The van der Waals surface area contributed by atoms with Gasteiger partial charge in [-0.05, 0) is 86.5 Å². The maximum Gasteiger partial charge on any atom is 0.174 e. The van der Waals surface area contributed by atoms with E-state index in [4.69, 9.17) is 4.74 Å². The molecule has 0 bridgehead atoms. The second-order valence-corrected chi connectivity index (χ2v) is 9.73. The van der Waals surface area contributed by atoms with Gasteiger partial charge >= 0.3 is 0 Å². The first-order valence-electron chi connectivity index (χ1n) is 12.3. The van der Waals surface area contributed by atoms with Crippen molar-refractivity contribution in [1.82, 2.24) is 9.88 Å². The third-order valence-electron chi connectivity index (χ3n) is 7.33. The molecule has 0 saturated carbocycles. The molecule has 2 heterocycles. The largest absolute Gasteiger partial charge is 0.497 e. The van der Waals surface area contributed by atoms with E-state index in [1.165, 1.54) is 0 Å². The van der Waals surface area contributed by atoms with Crippen molar-refractivity contribution in [2.45, 2.75) is 38.8 Å². The lowest BCUT2D eigenvalue weighted by atomic mass is 9.74. The fourth-order valence-electron chi connectivity index (χ4n) is 4.98. The third kappa shape index (κ3) is 6.06. The summed E-state index contributed by atoms with van der Waals surface area (Å²) in [7, 11) is 1.57. The summed E-state index contributed by atoms with van der Waals surface area (Å²) in [6.07, 6.45) is 2.57. The quantitative estimate of drug-likeness (QED) is 0.243. The van der Waals surface area contributed by atoms with Gasteiger partial charge in [0.15, 0.2) is 11.6 Å². The number of hydrogen-bond donors (Lipinski definition) is 1. The van der Waals surface area contributed by atoms with Gasteiger partial charge in [0.1, 0.15) is 17.7 Å². The van der Waals surface area contributed by atoms with Crippen molar-refractivity contribution in [2.24, 2.45) is 5.41 Å². The monoisotopic (exact) mass is 514 g/mol. The summed E-state index contributed by atoms with van der Waals surface area (Å²) in [6, 6.07) is 6.78. The van der Waals surface area contributed by atoms with Crippen LogP contribution in [0.15, 0.2) is 36.5 Å². The number of nitrogens with zero attached hydrogens (tertiary/aromatic N) is 2. The molecule has 1 atom stereocenters. The van der Waals surface area contributed by atoms with Crippen LogP contribution in [0.3, 0.4) is 0 Å². The highest BCUT2D eigenvalue weighted by atomic mass is 19.2. The predicted octanol–water partition coefficient (Wildman–Crippen LogP) is 5.89. The van der Waals surface area contributed by atoms with E-state index in [1.54, 1.807) is 19.4 Å². The number of halogens is 4. The molecule has 4 nitrogen and oxygen atoms in total. The van der Waals surface area contributed by atoms with Crippen LogP contribution in [0.2, 0.25) is 0 Å². The van der Waals surface area contributed by atoms with E-state index >= 15 is 4.39 Å². The minimum absolute atomic E-state index is 0.0447. The van der Waals surface area contributed by atoms with Crippen molar-refractivity contribution in [1.29, 1.82) is 0 Å². The minimum atomic E-state index is -1.27. The highest BCUT2D eigenvalue weighted by Gasteiger charge is 2.34. The topological polar surface area (TPSA) is 45.6 Å². The molecule has 8 heteroatoms. The van der Waals surface area contributed by atoms with E-state index in [2.05, 4.69) is 16.8 Å². The van der Waals surface area contributed by atoms with Gasteiger partial charge in [-0.3, -0.25) is 9.88 Å². The molecule has 0 amide bonds. The Labute approximate surface area is 214 Å². The van der Waals surface area contributed by atoms with Crippen LogP contribution >= 0.6 is 0 Å². The Hall–Kier alpha value is -3.15. The Kier molecular flexibility index (Phi) is 8.35. The minimum Gasteiger partial charge on any atom is -0.497 e. The molecule has 4 rings (SSSR count). The number of hydrogen-bond acceptors (Lipinski definition) is 4. The second-order valence-electron chi connectivity index (χ2n) is 9.73. The number of aryl methyl sites for hydroxylation is 1. The molecule has 1 aromatic heterocycles. The van der Waals surface area contributed by atoms with E-state index in [-0.39, 0.29) is 18.6 Å². The first-order valence-corrected chi connectivity index (χ1v) is 12.3. The lowest BCUT2D eigenvalue weighted by Gasteiger charge is -2.40. The summed E-state index contributed by atoms with van der Waals surface area (Å²) in [5.41, 5.74) is 1.36. The summed E-state index contributed by atoms with van der Waals surface area (Å²) in [6.45, 7) is 3.35. The van der Waals surface area contributed by atoms with Crippen LogP contribution in [0.25, 0.3) is 10.9 Å². The predicted molar refractivity (Wildman–Crippen MR) is 135 cm³/mol. The second kappa shape index (κ2) is 11.5. The van der Waals surface area contributed by atoms with Gasteiger partial charge in [-0.1, -0.05) is 11.8 Å². The summed E-state index contributed by atoms with van der Waals surface area (Å²) in [5.74, 6) is 2.61. The average molecular weight is 515 g/mol. The van der Waals surface area contributed by atoms with Gasteiger partial charge in [-0.25, -0.2) is 17.6 Å². The molecule has 1 fully saturated rings. The molecule has 3 aromatic rings. The van der Waals surface area contributed by atoms with Crippen LogP contribution in [0.4, 0.5) is 17.6 Å². The van der Waals surface area contributed by atoms with Gasteiger partial charge in [0.05, 0.1) is 24.7 Å². The molecule has 1 N–H and O–H groups in total. The number of pyridine rings is 1. The Morgan fingerprint density at radius 2 is 1.92 bits per heavy atom. The van der Waals surface area contributed by atoms with Gasteiger partial charge in [0.25, 0.3) is 0 Å². The first-order chi connectivity index (χ1) is 17.7. The van der Waals surface area contributed by atoms with Gasteiger partial charge < -0.3 is 9.84 Å². The number of aromatic nitrogens is 1. The van der Waals surface area contributed by atoms with Crippen molar-refractivity contribution in [3.63, 3.8) is 0 Å². The zero-order valence-electron chi connectivity index (χ0n) is 21.0.